The Hall–Kier alpha value is -3.08. The summed E-state index contributed by atoms with van der Waals surface area (Å²) >= 11 is 0. The molecule has 11 heteroatoms. The fourth-order valence-corrected chi connectivity index (χ4v) is 3.52. The molecule has 0 spiro atoms. The molecule has 1 aliphatic heterocycles. The van der Waals surface area contributed by atoms with Gasteiger partial charge in [-0.1, -0.05) is 6.58 Å². The van der Waals surface area contributed by atoms with E-state index >= 15 is 0 Å². The molecule has 170 valence electrons. The molecule has 3 aromatic heterocycles. The molecule has 32 heavy (non-hydrogen) atoms. The molecule has 4 heterocycles. The lowest BCUT2D eigenvalue weighted by Gasteiger charge is -2.32. The maximum absolute atomic E-state index is 13.0. The Morgan fingerprint density at radius 1 is 1.19 bits per heavy atom. The number of morpholine rings is 1. The second-order valence-electron chi connectivity index (χ2n) is 7.89. The van der Waals surface area contributed by atoms with Crippen molar-refractivity contribution in [1.82, 2.24) is 29.7 Å². The monoisotopic (exact) mass is 447 g/mol. The van der Waals surface area contributed by atoms with Gasteiger partial charge in [0.15, 0.2) is 5.65 Å². The predicted molar refractivity (Wildman–Crippen MR) is 112 cm³/mol. The van der Waals surface area contributed by atoms with Crippen molar-refractivity contribution in [3.8, 4) is 0 Å². The molecule has 1 atom stereocenters. The van der Waals surface area contributed by atoms with Crippen molar-refractivity contribution < 1.29 is 17.9 Å². The third-order valence-corrected chi connectivity index (χ3v) is 5.51. The Balaban J connectivity index is 1.68. The molecule has 1 aliphatic rings. The molecular weight excluding hydrogens is 423 g/mol. The molecule has 8 nitrogen and oxygen atoms in total. The number of hydrogen-bond donors (Lipinski definition) is 0. The van der Waals surface area contributed by atoms with Gasteiger partial charge >= 0.3 is 6.18 Å². The molecule has 1 fully saturated rings. The van der Waals surface area contributed by atoms with Crippen LogP contribution >= 0.6 is 0 Å². The maximum atomic E-state index is 13.0. The van der Waals surface area contributed by atoms with Crippen molar-refractivity contribution >= 4 is 17.1 Å². The van der Waals surface area contributed by atoms with Gasteiger partial charge in [-0.05, 0) is 26.7 Å². The molecule has 3 aromatic rings. The van der Waals surface area contributed by atoms with E-state index in [1.807, 2.05) is 25.1 Å². The number of halogens is 3. The van der Waals surface area contributed by atoms with E-state index in [9.17, 15) is 13.2 Å². The van der Waals surface area contributed by atoms with Gasteiger partial charge in [0, 0.05) is 30.9 Å². The third-order valence-electron chi connectivity index (χ3n) is 5.51. The van der Waals surface area contributed by atoms with Crippen molar-refractivity contribution in [2.75, 3.05) is 24.6 Å². The van der Waals surface area contributed by atoms with E-state index in [4.69, 9.17) is 4.74 Å². The van der Waals surface area contributed by atoms with Gasteiger partial charge in [0.2, 0.25) is 5.95 Å². The number of anilines is 1. The fraction of sp³-hybridized carbons (Fsp3) is 0.476. The molecule has 0 radical (unpaired) electrons. The number of hydrogen-bond acceptors (Lipinski definition) is 7. The molecule has 1 unspecified atom stereocenters. The van der Waals surface area contributed by atoms with E-state index in [-0.39, 0.29) is 18.9 Å². The van der Waals surface area contributed by atoms with E-state index in [0.717, 1.165) is 5.56 Å². The Labute approximate surface area is 183 Å². The highest BCUT2D eigenvalue weighted by Crippen LogP contribution is 2.30. The van der Waals surface area contributed by atoms with E-state index < -0.39 is 11.7 Å². The zero-order chi connectivity index (χ0) is 23.0. The van der Waals surface area contributed by atoms with Gasteiger partial charge in [-0.2, -0.15) is 23.3 Å². The number of nitrogens with zero attached hydrogens (tertiary/aromatic N) is 7. The maximum Gasteiger partial charge on any atom is 0.412 e. The summed E-state index contributed by atoms with van der Waals surface area (Å²) in [6.45, 7) is 8.29. The molecule has 1 saturated heterocycles. The van der Waals surface area contributed by atoms with Gasteiger partial charge in [0.05, 0.1) is 36.4 Å². The number of ether oxygens (including phenoxy) is 1. The Kier molecular flexibility index (Phi) is 5.85. The molecule has 0 saturated carbocycles. The minimum Gasteiger partial charge on any atom is -0.370 e. The summed E-state index contributed by atoms with van der Waals surface area (Å²) < 4.78 is 46.5. The third kappa shape index (κ3) is 4.57. The fourth-order valence-electron chi connectivity index (χ4n) is 3.52. The molecular formula is C21H24F3N7O. The van der Waals surface area contributed by atoms with Crippen molar-refractivity contribution in [3.63, 3.8) is 0 Å². The van der Waals surface area contributed by atoms with Crippen LogP contribution in [0.4, 0.5) is 19.1 Å². The number of rotatable bonds is 5. The number of fused-ring (bicyclic) bond motifs is 1. The second kappa shape index (κ2) is 8.45. The zero-order valence-corrected chi connectivity index (χ0v) is 18.1. The summed E-state index contributed by atoms with van der Waals surface area (Å²) in [6, 6.07) is 0. The molecule has 0 aromatic carbocycles. The van der Waals surface area contributed by atoms with Crippen LogP contribution in [-0.4, -0.2) is 55.6 Å². The van der Waals surface area contributed by atoms with Gasteiger partial charge in [0.1, 0.15) is 11.6 Å². The first-order valence-corrected chi connectivity index (χ1v) is 10.2. The van der Waals surface area contributed by atoms with Gasteiger partial charge < -0.3 is 9.64 Å². The van der Waals surface area contributed by atoms with Crippen molar-refractivity contribution in [1.29, 1.82) is 0 Å². The minimum absolute atomic E-state index is 0.0396. The summed E-state index contributed by atoms with van der Waals surface area (Å²) in [5.41, 5.74) is 2.75. The highest BCUT2D eigenvalue weighted by molar-refractivity contribution is 5.74. The highest BCUT2D eigenvalue weighted by Gasteiger charge is 2.32. The van der Waals surface area contributed by atoms with Crippen LogP contribution in [0.15, 0.2) is 24.5 Å². The minimum atomic E-state index is -4.44. The summed E-state index contributed by atoms with van der Waals surface area (Å²) in [5.74, 6) is 0.403. The van der Waals surface area contributed by atoms with Crippen LogP contribution < -0.4 is 4.90 Å². The lowest BCUT2D eigenvalue weighted by Crippen LogP contribution is -2.39. The van der Waals surface area contributed by atoms with Crippen molar-refractivity contribution in [3.05, 3.63) is 47.2 Å². The molecule has 4 rings (SSSR count). The van der Waals surface area contributed by atoms with Gasteiger partial charge in [-0.3, -0.25) is 4.68 Å². The first-order chi connectivity index (χ1) is 15.1. The predicted octanol–water partition coefficient (Wildman–Crippen LogP) is 3.40. The number of allylic oxidation sites excluding steroid dienone is 1. The van der Waals surface area contributed by atoms with Crippen LogP contribution in [0.25, 0.3) is 11.2 Å². The van der Waals surface area contributed by atoms with E-state index in [2.05, 4.69) is 31.6 Å². The molecule has 0 amide bonds. The summed E-state index contributed by atoms with van der Waals surface area (Å²) in [7, 11) is 1.83. The van der Waals surface area contributed by atoms with Crippen LogP contribution in [0.3, 0.4) is 0 Å². The summed E-state index contributed by atoms with van der Waals surface area (Å²) in [4.78, 5) is 20.2. The number of aromatic nitrogens is 6. The smallest absolute Gasteiger partial charge is 0.370 e. The quantitative estimate of drug-likeness (QED) is 0.555. The highest BCUT2D eigenvalue weighted by atomic mass is 19.4. The summed E-state index contributed by atoms with van der Waals surface area (Å²) in [5, 5.41) is 4.19. The normalized spacial score (nSPS) is 17.2. The van der Waals surface area contributed by atoms with Gasteiger partial charge in [-0.25, -0.2) is 15.0 Å². The van der Waals surface area contributed by atoms with Crippen LogP contribution in [0.5, 0.6) is 0 Å². The Morgan fingerprint density at radius 3 is 2.62 bits per heavy atom. The first-order valence-electron chi connectivity index (χ1n) is 10.2. The Morgan fingerprint density at radius 2 is 1.94 bits per heavy atom. The largest absolute Gasteiger partial charge is 0.412 e. The Bertz CT molecular complexity index is 1160. The van der Waals surface area contributed by atoms with E-state index in [1.54, 1.807) is 17.8 Å². The van der Waals surface area contributed by atoms with Crippen LogP contribution in [0.2, 0.25) is 0 Å². The van der Waals surface area contributed by atoms with Crippen LogP contribution in [0, 0.1) is 13.8 Å². The van der Waals surface area contributed by atoms with E-state index in [0.29, 0.717) is 53.9 Å². The number of aryl methyl sites for hydroxylation is 4. The number of alkyl halides is 3. The SMILES string of the molecule is C=C(CCc1nc(N2CCOC(c3cnn(C)c3)C2)nc2nc(C)c(C)nc12)C(F)(F)F. The zero-order valence-electron chi connectivity index (χ0n) is 18.1. The average Bonchev–Trinajstić information content (AvgIpc) is 3.18. The standard InChI is InChI=1S/C21H24F3N7O/c1-12(21(22,23)24)5-6-16-18-19(27-14(3)13(2)26-18)29-20(28-16)31-7-8-32-17(11-31)15-9-25-30(4)10-15/h9-10,17H,1,5-8,11H2,2-4H3. The van der Waals surface area contributed by atoms with Gasteiger partial charge in [-0.15, -0.1) is 0 Å². The first kappa shape index (κ1) is 22.1. The van der Waals surface area contributed by atoms with Gasteiger partial charge in [0.25, 0.3) is 0 Å². The molecule has 0 bridgehead atoms. The topological polar surface area (TPSA) is 81.9 Å². The lowest BCUT2D eigenvalue weighted by molar-refractivity contribution is -0.0935. The molecule has 0 aliphatic carbocycles. The summed E-state index contributed by atoms with van der Waals surface area (Å²) in [6.07, 6.45) is -1.24. The van der Waals surface area contributed by atoms with Crippen LogP contribution in [-0.2, 0) is 18.2 Å². The second-order valence-corrected chi connectivity index (χ2v) is 7.89. The van der Waals surface area contributed by atoms with Crippen molar-refractivity contribution in [2.24, 2.45) is 7.05 Å². The van der Waals surface area contributed by atoms with Crippen LogP contribution in [0.1, 0.15) is 35.2 Å². The molecule has 0 N–H and O–H groups in total. The van der Waals surface area contributed by atoms with Crippen molar-refractivity contribution in [2.45, 2.75) is 39.0 Å². The lowest BCUT2D eigenvalue weighted by atomic mass is 10.1. The average molecular weight is 447 g/mol. The van der Waals surface area contributed by atoms with E-state index in [1.165, 1.54) is 0 Å².